The van der Waals surface area contributed by atoms with Crippen LogP contribution in [0.15, 0.2) is 0 Å². The molecule has 0 bridgehead atoms. The number of hydrogen-bond donors (Lipinski definition) is 0. The van der Waals surface area contributed by atoms with Crippen molar-refractivity contribution in [2.45, 2.75) is 12.7 Å². The predicted octanol–water partition coefficient (Wildman–Crippen LogP) is -0.393. The molecule has 3 fully saturated rings. The zero-order valence-corrected chi connectivity index (χ0v) is 6.87. The van der Waals surface area contributed by atoms with E-state index in [1.807, 2.05) is 0 Å². The average molecular weight is 153 g/mol. The molecule has 0 aromatic carbocycles. The van der Waals surface area contributed by atoms with Gasteiger partial charge in [-0.2, -0.15) is 0 Å². The lowest BCUT2D eigenvalue weighted by Crippen LogP contribution is -2.50. The van der Waals surface area contributed by atoms with Gasteiger partial charge in [0.05, 0.1) is 0 Å². The van der Waals surface area contributed by atoms with Crippen molar-refractivity contribution in [2.75, 3.05) is 39.3 Å². The largest absolute Gasteiger partial charge is 0.274 e. The lowest BCUT2D eigenvalue weighted by Gasteiger charge is -2.36. The highest BCUT2D eigenvalue weighted by Crippen LogP contribution is 2.26. The Hall–Kier alpha value is -0.120. The lowest BCUT2D eigenvalue weighted by molar-refractivity contribution is 0.0159. The third-order valence-corrected chi connectivity index (χ3v) is 3.22. The van der Waals surface area contributed by atoms with Crippen LogP contribution in [0.25, 0.3) is 0 Å². The molecule has 0 amide bonds. The summed E-state index contributed by atoms with van der Waals surface area (Å²) in [6, 6.07) is 0. The molecule has 3 aliphatic rings. The molecule has 0 spiro atoms. The van der Waals surface area contributed by atoms with Crippen LogP contribution < -0.4 is 0 Å². The molecule has 0 unspecified atom stereocenters. The van der Waals surface area contributed by atoms with Crippen molar-refractivity contribution < 1.29 is 0 Å². The molecule has 0 atom stereocenters. The van der Waals surface area contributed by atoms with Crippen molar-refractivity contribution in [3.8, 4) is 0 Å². The maximum atomic E-state index is 2.62. The Morgan fingerprint density at radius 1 is 0.636 bits per heavy atom. The Balaban J connectivity index is 1.88. The minimum absolute atomic E-state index is 0.712. The normalized spacial score (nSPS) is 34.9. The molecule has 0 aromatic heterocycles. The van der Waals surface area contributed by atoms with Crippen molar-refractivity contribution in [1.82, 2.24) is 14.7 Å². The average Bonchev–Trinajstić information content (AvgIpc) is 2.60. The van der Waals surface area contributed by atoms with Gasteiger partial charge in [-0.05, 0) is 6.42 Å². The van der Waals surface area contributed by atoms with Gasteiger partial charge >= 0.3 is 0 Å². The Bertz CT molecular complexity index is 151. The van der Waals surface area contributed by atoms with Crippen molar-refractivity contribution >= 4 is 0 Å². The van der Waals surface area contributed by atoms with Crippen molar-refractivity contribution in [3.05, 3.63) is 0 Å². The summed E-state index contributed by atoms with van der Waals surface area (Å²) in [5.74, 6) is 0. The second-order valence-corrected chi connectivity index (χ2v) is 3.81. The zero-order valence-electron chi connectivity index (χ0n) is 6.87. The van der Waals surface area contributed by atoms with Gasteiger partial charge in [-0.25, -0.2) is 0 Å². The summed E-state index contributed by atoms with van der Waals surface area (Å²) >= 11 is 0. The van der Waals surface area contributed by atoms with E-state index < -0.39 is 0 Å². The summed E-state index contributed by atoms with van der Waals surface area (Å²) in [4.78, 5) is 7.85. The van der Waals surface area contributed by atoms with Crippen LogP contribution in [0.4, 0.5) is 0 Å². The van der Waals surface area contributed by atoms with Crippen LogP contribution in [-0.2, 0) is 0 Å². The molecule has 0 aliphatic carbocycles. The first-order valence-corrected chi connectivity index (χ1v) is 4.67. The molecular formula is C8H15N3. The van der Waals surface area contributed by atoms with Gasteiger partial charge in [-0.1, -0.05) is 0 Å². The zero-order chi connectivity index (χ0) is 7.26. The van der Waals surface area contributed by atoms with E-state index in [0.717, 1.165) is 0 Å². The molecule has 0 N–H and O–H groups in total. The van der Waals surface area contributed by atoms with Crippen LogP contribution >= 0.6 is 0 Å². The van der Waals surface area contributed by atoms with E-state index in [9.17, 15) is 0 Å². The monoisotopic (exact) mass is 153 g/mol. The van der Waals surface area contributed by atoms with Gasteiger partial charge in [0.25, 0.3) is 0 Å². The maximum Gasteiger partial charge on any atom is 0.119 e. The number of nitrogens with zero attached hydrogens (tertiary/aromatic N) is 3. The van der Waals surface area contributed by atoms with Gasteiger partial charge in [-0.15, -0.1) is 0 Å². The Labute approximate surface area is 67.6 Å². The van der Waals surface area contributed by atoms with Crippen molar-refractivity contribution in [2.24, 2.45) is 0 Å². The standard InChI is InChI=1S/C8H15N3/c1-2-9-4-6-11-7-5-10(3-1)8(9)11/h8H,1-7H2. The van der Waals surface area contributed by atoms with E-state index in [-0.39, 0.29) is 0 Å². The molecule has 3 heterocycles. The van der Waals surface area contributed by atoms with Gasteiger partial charge in [0.2, 0.25) is 0 Å². The summed E-state index contributed by atoms with van der Waals surface area (Å²) in [7, 11) is 0. The summed E-state index contributed by atoms with van der Waals surface area (Å²) in [6.45, 7) is 7.89. The first kappa shape index (κ1) is 6.40. The molecule has 3 aliphatic heterocycles. The van der Waals surface area contributed by atoms with E-state index in [1.165, 1.54) is 45.7 Å². The van der Waals surface area contributed by atoms with Gasteiger partial charge in [-0.3, -0.25) is 14.7 Å². The van der Waals surface area contributed by atoms with Crippen LogP contribution in [0.2, 0.25) is 0 Å². The summed E-state index contributed by atoms with van der Waals surface area (Å²) < 4.78 is 0. The topological polar surface area (TPSA) is 9.72 Å². The smallest absolute Gasteiger partial charge is 0.119 e. The second kappa shape index (κ2) is 2.19. The van der Waals surface area contributed by atoms with Crippen LogP contribution in [0.3, 0.4) is 0 Å². The molecular weight excluding hydrogens is 138 g/mol. The first-order valence-electron chi connectivity index (χ1n) is 4.67. The molecule has 0 saturated carbocycles. The second-order valence-electron chi connectivity index (χ2n) is 3.81. The molecule has 3 nitrogen and oxygen atoms in total. The summed E-state index contributed by atoms with van der Waals surface area (Å²) in [5, 5.41) is 0. The van der Waals surface area contributed by atoms with E-state index in [0.29, 0.717) is 6.29 Å². The van der Waals surface area contributed by atoms with E-state index in [1.54, 1.807) is 0 Å². The lowest BCUT2D eigenvalue weighted by atomic mass is 10.3. The Morgan fingerprint density at radius 2 is 1.09 bits per heavy atom. The van der Waals surface area contributed by atoms with Crippen LogP contribution in [0.5, 0.6) is 0 Å². The van der Waals surface area contributed by atoms with Crippen LogP contribution in [-0.4, -0.2) is 60.3 Å². The molecule has 62 valence electrons. The van der Waals surface area contributed by atoms with E-state index >= 15 is 0 Å². The van der Waals surface area contributed by atoms with Crippen molar-refractivity contribution in [1.29, 1.82) is 0 Å². The molecule has 3 rings (SSSR count). The Morgan fingerprint density at radius 3 is 1.64 bits per heavy atom. The fraction of sp³-hybridized carbons (Fsp3) is 1.00. The van der Waals surface area contributed by atoms with Crippen molar-refractivity contribution in [3.63, 3.8) is 0 Å². The van der Waals surface area contributed by atoms with Crippen LogP contribution in [0, 0.1) is 0 Å². The predicted molar refractivity (Wildman–Crippen MR) is 43.1 cm³/mol. The third kappa shape index (κ3) is 0.789. The number of rotatable bonds is 0. The SMILES string of the molecule is C1CN2CCN3CCN(C1)C23. The highest BCUT2D eigenvalue weighted by molar-refractivity contribution is 4.91. The summed E-state index contributed by atoms with van der Waals surface area (Å²) in [6.07, 6.45) is 2.09. The Kier molecular flexibility index (Phi) is 1.27. The first-order chi connectivity index (χ1) is 5.45. The van der Waals surface area contributed by atoms with E-state index in [4.69, 9.17) is 0 Å². The highest BCUT2D eigenvalue weighted by Gasteiger charge is 2.42. The van der Waals surface area contributed by atoms with E-state index in [2.05, 4.69) is 14.7 Å². The quantitative estimate of drug-likeness (QED) is 0.469. The molecule has 0 aromatic rings. The molecule has 11 heavy (non-hydrogen) atoms. The van der Waals surface area contributed by atoms with Gasteiger partial charge < -0.3 is 0 Å². The van der Waals surface area contributed by atoms with Crippen LogP contribution in [0.1, 0.15) is 6.42 Å². The molecule has 3 heteroatoms. The molecule has 0 radical (unpaired) electrons. The number of hydrogen-bond acceptors (Lipinski definition) is 3. The van der Waals surface area contributed by atoms with Gasteiger partial charge in [0, 0.05) is 39.3 Å². The fourth-order valence-electron chi connectivity index (χ4n) is 2.71. The van der Waals surface area contributed by atoms with Gasteiger partial charge in [0.1, 0.15) is 6.29 Å². The minimum atomic E-state index is 0.712. The third-order valence-electron chi connectivity index (χ3n) is 3.22. The minimum Gasteiger partial charge on any atom is -0.274 e. The molecule has 3 saturated heterocycles. The fourth-order valence-corrected chi connectivity index (χ4v) is 2.71. The summed E-state index contributed by atoms with van der Waals surface area (Å²) in [5.41, 5.74) is 0. The highest BCUT2D eigenvalue weighted by atomic mass is 15.6. The maximum absolute atomic E-state index is 2.62. The van der Waals surface area contributed by atoms with Gasteiger partial charge in [0.15, 0.2) is 0 Å².